The Morgan fingerprint density at radius 3 is 2.60 bits per heavy atom. The van der Waals surface area contributed by atoms with Gasteiger partial charge in [0.25, 0.3) is 0 Å². The summed E-state index contributed by atoms with van der Waals surface area (Å²) in [7, 11) is 0. The minimum Gasteiger partial charge on any atom is -0.342 e. The number of aromatic nitrogens is 2. The fraction of sp³-hybridized carbons (Fsp3) is 0.235. The van der Waals surface area contributed by atoms with Gasteiger partial charge < -0.3 is 10.7 Å². The zero-order chi connectivity index (χ0) is 13.9. The first kappa shape index (κ1) is 12.9. The van der Waals surface area contributed by atoms with Gasteiger partial charge in [0, 0.05) is 12.5 Å². The smallest absolute Gasteiger partial charge is 0.111 e. The van der Waals surface area contributed by atoms with Gasteiger partial charge >= 0.3 is 0 Å². The summed E-state index contributed by atoms with van der Waals surface area (Å²) in [5, 5.41) is 0. The SMILES string of the molecule is Cc1ccccc1CC(CN)c1nc2ccccc2[nH]1. The van der Waals surface area contributed by atoms with Crippen LogP contribution in [0.15, 0.2) is 48.5 Å². The molecule has 0 amide bonds. The van der Waals surface area contributed by atoms with E-state index in [9.17, 15) is 0 Å². The van der Waals surface area contributed by atoms with E-state index in [-0.39, 0.29) is 5.92 Å². The molecule has 20 heavy (non-hydrogen) atoms. The molecule has 1 aromatic heterocycles. The second-order valence-corrected chi connectivity index (χ2v) is 5.20. The van der Waals surface area contributed by atoms with Crippen LogP contribution < -0.4 is 5.73 Å². The van der Waals surface area contributed by atoms with Crippen LogP contribution in [-0.4, -0.2) is 16.5 Å². The molecule has 0 aliphatic carbocycles. The number of imidazole rings is 1. The third-order valence-electron chi connectivity index (χ3n) is 3.81. The summed E-state index contributed by atoms with van der Waals surface area (Å²) in [6.07, 6.45) is 0.920. The van der Waals surface area contributed by atoms with Crippen molar-refractivity contribution in [1.29, 1.82) is 0 Å². The van der Waals surface area contributed by atoms with Gasteiger partial charge in [-0.15, -0.1) is 0 Å². The van der Waals surface area contributed by atoms with E-state index in [1.165, 1.54) is 11.1 Å². The maximum atomic E-state index is 5.96. The molecule has 0 bridgehead atoms. The molecule has 3 rings (SSSR count). The Morgan fingerprint density at radius 2 is 1.85 bits per heavy atom. The number of aryl methyl sites for hydroxylation is 1. The Morgan fingerprint density at radius 1 is 1.10 bits per heavy atom. The molecule has 0 saturated carbocycles. The molecule has 0 radical (unpaired) electrons. The van der Waals surface area contributed by atoms with E-state index in [0.29, 0.717) is 6.54 Å². The molecule has 102 valence electrons. The molecule has 0 spiro atoms. The molecule has 0 saturated heterocycles. The molecule has 0 fully saturated rings. The van der Waals surface area contributed by atoms with E-state index < -0.39 is 0 Å². The lowest BCUT2D eigenvalue weighted by molar-refractivity contribution is 0.656. The first-order chi connectivity index (χ1) is 9.78. The van der Waals surface area contributed by atoms with Gasteiger partial charge in [-0.05, 0) is 36.6 Å². The van der Waals surface area contributed by atoms with Gasteiger partial charge in [0.1, 0.15) is 5.82 Å². The summed E-state index contributed by atoms with van der Waals surface area (Å²) >= 11 is 0. The highest BCUT2D eigenvalue weighted by atomic mass is 14.9. The largest absolute Gasteiger partial charge is 0.342 e. The first-order valence-corrected chi connectivity index (χ1v) is 6.97. The van der Waals surface area contributed by atoms with Crippen molar-refractivity contribution in [3.05, 3.63) is 65.5 Å². The molecule has 1 atom stereocenters. The second kappa shape index (κ2) is 5.47. The van der Waals surface area contributed by atoms with Crippen molar-refractivity contribution in [1.82, 2.24) is 9.97 Å². The molecule has 3 heteroatoms. The highest BCUT2D eigenvalue weighted by molar-refractivity contribution is 5.74. The number of fused-ring (bicyclic) bond motifs is 1. The van der Waals surface area contributed by atoms with Crippen LogP contribution in [0.1, 0.15) is 22.9 Å². The summed E-state index contributed by atoms with van der Waals surface area (Å²) in [4.78, 5) is 8.07. The number of rotatable bonds is 4. The second-order valence-electron chi connectivity index (χ2n) is 5.20. The van der Waals surface area contributed by atoms with Gasteiger partial charge in [-0.2, -0.15) is 0 Å². The van der Waals surface area contributed by atoms with Crippen LogP contribution in [0.25, 0.3) is 11.0 Å². The maximum Gasteiger partial charge on any atom is 0.111 e. The lowest BCUT2D eigenvalue weighted by atomic mass is 9.96. The van der Waals surface area contributed by atoms with E-state index in [4.69, 9.17) is 5.73 Å². The minimum absolute atomic E-state index is 0.225. The van der Waals surface area contributed by atoms with E-state index >= 15 is 0 Å². The Labute approximate surface area is 118 Å². The van der Waals surface area contributed by atoms with Crippen molar-refractivity contribution in [3.8, 4) is 0 Å². The average Bonchev–Trinajstić information content (AvgIpc) is 2.90. The normalized spacial score (nSPS) is 12.7. The predicted octanol–water partition coefficient (Wildman–Crippen LogP) is 3.16. The Hall–Kier alpha value is -2.13. The minimum atomic E-state index is 0.225. The molecule has 1 unspecified atom stereocenters. The van der Waals surface area contributed by atoms with E-state index in [1.54, 1.807) is 0 Å². The van der Waals surface area contributed by atoms with Crippen molar-refractivity contribution in [3.63, 3.8) is 0 Å². The van der Waals surface area contributed by atoms with Crippen molar-refractivity contribution in [2.24, 2.45) is 5.73 Å². The molecule has 3 N–H and O–H groups in total. The highest BCUT2D eigenvalue weighted by Gasteiger charge is 2.15. The summed E-state index contributed by atoms with van der Waals surface area (Å²) in [6, 6.07) is 16.5. The van der Waals surface area contributed by atoms with Gasteiger partial charge in [-0.3, -0.25) is 0 Å². The van der Waals surface area contributed by atoms with E-state index in [2.05, 4.69) is 41.2 Å². The van der Waals surface area contributed by atoms with Gasteiger partial charge in [0.15, 0.2) is 0 Å². The number of nitrogens with zero attached hydrogens (tertiary/aromatic N) is 1. The van der Waals surface area contributed by atoms with Crippen LogP contribution in [0.5, 0.6) is 0 Å². The summed E-state index contributed by atoms with van der Waals surface area (Å²) in [5.74, 6) is 1.21. The van der Waals surface area contributed by atoms with Crippen molar-refractivity contribution >= 4 is 11.0 Å². The number of hydrogen-bond acceptors (Lipinski definition) is 2. The number of nitrogens with two attached hydrogens (primary N) is 1. The molecule has 3 aromatic rings. The van der Waals surface area contributed by atoms with Crippen LogP contribution in [0.4, 0.5) is 0 Å². The number of para-hydroxylation sites is 2. The van der Waals surface area contributed by atoms with Crippen molar-refractivity contribution < 1.29 is 0 Å². The quantitative estimate of drug-likeness (QED) is 0.761. The lowest BCUT2D eigenvalue weighted by Gasteiger charge is -2.13. The summed E-state index contributed by atoms with van der Waals surface area (Å²) in [5.41, 5.74) is 10.7. The molecule has 2 aromatic carbocycles. The highest BCUT2D eigenvalue weighted by Crippen LogP contribution is 2.22. The predicted molar refractivity (Wildman–Crippen MR) is 82.8 cm³/mol. The monoisotopic (exact) mass is 265 g/mol. The van der Waals surface area contributed by atoms with E-state index in [0.717, 1.165) is 23.3 Å². The Balaban J connectivity index is 1.91. The van der Waals surface area contributed by atoms with E-state index in [1.807, 2.05) is 24.3 Å². The van der Waals surface area contributed by atoms with Crippen molar-refractivity contribution in [2.75, 3.05) is 6.54 Å². The maximum absolute atomic E-state index is 5.96. The van der Waals surface area contributed by atoms with Crippen LogP contribution in [0, 0.1) is 6.92 Å². The Bertz CT molecular complexity index is 682. The zero-order valence-electron chi connectivity index (χ0n) is 11.6. The zero-order valence-corrected chi connectivity index (χ0v) is 11.6. The van der Waals surface area contributed by atoms with Crippen molar-refractivity contribution in [2.45, 2.75) is 19.3 Å². The number of aromatic amines is 1. The Kier molecular flexibility index (Phi) is 3.52. The van der Waals surface area contributed by atoms with Crippen LogP contribution in [-0.2, 0) is 6.42 Å². The fourth-order valence-electron chi connectivity index (χ4n) is 2.56. The fourth-order valence-corrected chi connectivity index (χ4v) is 2.56. The first-order valence-electron chi connectivity index (χ1n) is 6.97. The third-order valence-corrected chi connectivity index (χ3v) is 3.81. The van der Waals surface area contributed by atoms with Gasteiger partial charge in [0.2, 0.25) is 0 Å². The molecular weight excluding hydrogens is 246 g/mol. The third kappa shape index (κ3) is 2.45. The molecule has 0 aliphatic rings. The molecule has 3 nitrogen and oxygen atoms in total. The molecular formula is C17H19N3. The van der Waals surface area contributed by atoms with Crippen LogP contribution in [0.2, 0.25) is 0 Å². The van der Waals surface area contributed by atoms with Gasteiger partial charge in [-0.25, -0.2) is 4.98 Å². The number of hydrogen-bond donors (Lipinski definition) is 2. The van der Waals surface area contributed by atoms with Gasteiger partial charge in [0.05, 0.1) is 11.0 Å². The summed E-state index contributed by atoms with van der Waals surface area (Å²) in [6.45, 7) is 2.73. The lowest BCUT2D eigenvalue weighted by Crippen LogP contribution is -2.16. The number of H-pyrrole nitrogens is 1. The van der Waals surface area contributed by atoms with Crippen LogP contribution in [0.3, 0.4) is 0 Å². The standard InChI is InChI=1S/C17H19N3/c1-12-6-2-3-7-13(12)10-14(11-18)17-19-15-8-4-5-9-16(15)20-17/h2-9,14H,10-11,18H2,1H3,(H,19,20). The van der Waals surface area contributed by atoms with Crippen LogP contribution >= 0.6 is 0 Å². The summed E-state index contributed by atoms with van der Waals surface area (Å²) < 4.78 is 0. The van der Waals surface area contributed by atoms with Gasteiger partial charge in [-0.1, -0.05) is 36.4 Å². The molecule has 0 aliphatic heterocycles. The average molecular weight is 265 g/mol. The number of nitrogens with one attached hydrogen (secondary N) is 1. The topological polar surface area (TPSA) is 54.7 Å². The molecule has 1 heterocycles. The number of benzene rings is 2.